The summed E-state index contributed by atoms with van der Waals surface area (Å²) in [6.45, 7) is 1.25. The number of hydrogen-bond acceptors (Lipinski definition) is 5. The van der Waals surface area contributed by atoms with Crippen LogP contribution in [-0.4, -0.2) is 40.1 Å². The van der Waals surface area contributed by atoms with Crippen molar-refractivity contribution in [3.05, 3.63) is 71.8 Å². The van der Waals surface area contributed by atoms with Gasteiger partial charge in [-0.1, -0.05) is 54.6 Å². The quantitative estimate of drug-likeness (QED) is 0.522. The van der Waals surface area contributed by atoms with Crippen LogP contribution in [0.4, 0.5) is 0 Å². The Kier molecular flexibility index (Phi) is 5.08. The standard InChI is InChI=1S/C23H21NO5/c25-19-14-18(20(26)17-11-5-4-10-16(17)19)23(28)29-21(15-8-2-1-3-9-15)22(27)24-12-6-7-13-24/h1-5,8-11,14,21,25-26H,6-7,12-13H2/t21-/m0/s1. The SMILES string of the molecule is O=C(O[C@H](C(=O)N1CCCC1)c1ccccc1)c1cc(O)c2ccccc2c1O. The molecule has 0 saturated carbocycles. The van der Waals surface area contributed by atoms with Gasteiger partial charge in [0.15, 0.2) is 0 Å². The number of hydrogen-bond donors (Lipinski definition) is 2. The molecule has 1 heterocycles. The molecule has 1 fully saturated rings. The molecule has 2 N–H and O–H groups in total. The Balaban J connectivity index is 1.69. The summed E-state index contributed by atoms with van der Waals surface area (Å²) in [4.78, 5) is 27.6. The van der Waals surface area contributed by atoms with Crippen molar-refractivity contribution in [1.82, 2.24) is 4.90 Å². The van der Waals surface area contributed by atoms with E-state index in [4.69, 9.17) is 4.74 Å². The molecule has 6 nitrogen and oxygen atoms in total. The van der Waals surface area contributed by atoms with E-state index in [2.05, 4.69) is 0 Å². The third-order valence-corrected chi connectivity index (χ3v) is 5.18. The summed E-state index contributed by atoms with van der Waals surface area (Å²) in [5, 5.41) is 21.6. The summed E-state index contributed by atoms with van der Waals surface area (Å²) in [7, 11) is 0. The van der Waals surface area contributed by atoms with Gasteiger partial charge in [-0.15, -0.1) is 0 Å². The number of carbonyl (C=O) groups excluding carboxylic acids is 2. The first-order valence-corrected chi connectivity index (χ1v) is 9.54. The first-order chi connectivity index (χ1) is 14.1. The first kappa shape index (κ1) is 18.8. The molecule has 0 radical (unpaired) electrons. The summed E-state index contributed by atoms with van der Waals surface area (Å²) in [6.07, 6.45) is 0.718. The lowest BCUT2D eigenvalue weighted by Crippen LogP contribution is -2.34. The summed E-state index contributed by atoms with van der Waals surface area (Å²) in [5.74, 6) is -1.59. The number of phenols is 2. The number of amides is 1. The number of rotatable bonds is 4. The average molecular weight is 391 g/mol. The Morgan fingerprint density at radius 1 is 0.897 bits per heavy atom. The van der Waals surface area contributed by atoms with Gasteiger partial charge in [0.1, 0.15) is 17.1 Å². The molecule has 148 valence electrons. The number of phenolic OH excluding ortho intramolecular Hbond substituents is 2. The first-order valence-electron chi connectivity index (χ1n) is 9.54. The highest BCUT2D eigenvalue weighted by Crippen LogP contribution is 2.36. The smallest absolute Gasteiger partial charge is 0.343 e. The maximum absolute atomic E-state index is 13.0. The molecular formula is C23H21NO5. The van der Waals surface area contributed by atoms with Gasteiger partial charge in [-0.3, -0.25) is 4.79 Å². The maximum Gasteiger partial charge on any atom is 0.343 e. The van der Waals surface area contributed by atoms with Gasteiger partial charge in [0, 0.05) is 29.4 Å². The highest BCUT2D eigenvalue weighted by Gasteiger charge is 2.32. The molecule has 3 aromatic carbocycles. The van der Waals surface area contributed by atoms with Gasteiger partial charge in [-0.2, -0.15) is 0 Å². The normalized spacial score (nSPS) is 14.7. The van der Waals surface area contributed by atoms with E-state index in [-0.39, 0.29) is 23.0 Å². The molecule has 1 amide bonds. The average Bonchev–Trinajstić information content (AvgIpc) is 3.29. The van der Waals surface area contributed by atoms with E-state index >= 15 is 0 Å². The predicted octanol–water partition coefficient (Wildman–Crippen LogP) is 3.77. The Morgan fingerprint density at radius 3 is 2.21 bits per heavy atom. The van der Waals surface area contributed by atoms with E-state index in [1.807, 2.05) is 6.07 Å². The van der Waals surface area contributed by atoms with E-state index in [0.717, 1.165) is 12.8 Å². The van der Waals surface area contributed by atoms with Crippen molar-refractivity contribution < 1.29 is 24.5 Å². The van der Waals surface area contributed by atoms with Gasteiger partial charge in [0.2, 0.25) is 6.10 Å². The number of nitrogens with zero attached hydrogens (tertiary/aromatic N) is 1. The van der Waals surface area contributed by atoms with Gasteiger partial charge in [0.25, 0.3) is 5.91 Å². The van der Waals surface area contributed by atoms with Crippen LogP contribution in [0, 0.1) is 0 Å². The van der Waals surface area contributed by atoms with Gasteiger partial charge >= 0.3 is 5.97 Å². The Hall–Kier alpha value is -3.54. The molecule has 0 aliphatic carbocycles. The summed E-state index contributed by atoms with van der Waals surface area (Å²) in [5.41, 5.74) is 0.374. The van der Waals surface area contributed by atoms with Crippen molar-refractivity contribution in [2.45, 2.75) is 18.9 Å². The minimum atomic E-state index is -1.12. The third kappa shape index (κ3) is 3.61. The Bertz CT molecular complexity index is 1060. The summed E-state index contributed by atoms with van der Waals surface area (Å²) >= 11 is 0. The van der Waals surface area contributed by atoms with E-state index in [1.165, 1.54) is 6.07 Å². The van der Waals surface area contributed by atoms with Crippen LogP contribution in [0.15, 0.2) is 60.7 Å². The molecule has 6 heteroatoms. The fourth-order valence-electron chi connectivity index (χ4n) is 3.66. The zero-order valence-corrected chi connectivity index (χ0v) is 15.7. The van der Waals surface area contributed by atoms with E-state index in [0.29, 0.717) is 29.4 Å². The van der Waals surface area contributed by atoms with Crippen molar-refractivity contribution in [2.24, 2.45) is 0 Å². The number of fused-ring (bicyclic) bond motifs is 1. The van der Waals surface area contributed by atoms with Crippen LogP contribution in [0.25, 0.3) is 10.8 Å². The van der Waals surface area contributed by atoms with E-state index < -0.39 is 12.1 Å². The van der Waals surface area contributed by atoms with Crippen LogP contribution < -0.4 is 0 Å². The molecule has 1 aliphatic heterocycles. The van der Waals surface area contributed by atoms with Gasteiger partial charge in [0.05, 0.1) is 0 Å². The molecule has 29 heavy (non-hydrogen) atoms. The molecular weight excluding hydrogens is 370 g/mol. The number of ether oxygens (including phenoxy) is 1. The maximum atomic E-state index is 13.0. The molecule has 0 unspecified atom stereocenters. The van der Waals surface area contributed by atoms with Crippen LogP contribution in [-0.2, 0) is 9.53 Å². The number of carbonyl (C=O) groups is 2. The van der Waals surface area contributed by atoms with E-state index in [9.17, 15) is 19.8 Å². The third-order valence-electron chi connectivity index (χ3n) is 5.18. The fourth-order valence-corrected chi connectivity index (χ4v) is 3.66. The lowest BCUT2D eigenvalue weighted by molar-refractivity contribution is -0.140. The molecule has 1 aliphatic rings. The molecule has 0 aromatic heterocycles. The van der Waals surface area contributed by atoms with Gasteiger partial charge < -0.3 is 19.8 Å². The zero-order valence-electron chi connectivity index (χ0n) is 15.7. The highest BCUT2D eigenvalue weighted by molar-refractivity contribution is 6.04. The topological polar surface area (TPSA) is 87.1 Å². The van der Waals surface area contributed by atoms with Crippen molar-refractivity contribution >= 4 is 22.6 Å². The van der Waals surface area contributed by atoms with Crippen molar-refractivity contribution in [3.8, 4) is 11.5 Å². The minimum absolute atomic E-state index is 0.146. The van der Waals surface area contributed by atoms with Crippen molar-refractivity contribution in [3.63, 3.8) is 0 Å². The molecule has 1 saturated heterocycles. The van der Waals surface area contributed by atoms with Gasteiger partial charge in [-0.25, -0.2) is 4.79 Å². The van der Waals surface area contributed by atoms with Crippen LogP contribution >= 0.6 is 0 Å². The second-order valence-corrected chi connectivity index (χ2v) is 7.07. The van der Waals surface area contributed by atoms with Crippen LogP contribution in [0.5, 0.6) is 11.5 Å². The number of aromatic hydroxyl groups is 2. The lowest BCUT2D eigenvalue weighted by atomic mass is 10.0. The highest BCUT2D eigenvalue weighted by atomic mass is 16.5. The summed E-state index contributed by atoms with van der Waals surface area (Å²) in [6, 6.07) is 16.6. The molecule has 4 rings (SSSR count). The summed E-state index contributed by atoms with van der Waals surface area (Å²) < 4.78 is 5.58. The largest absolute Gasteiger partial charge is 0.507 e. The van der Waals surface area contributed by atoms with Crippen molar-refractivity contribution in [2.75, 3.05) is 13.1 Å². The number of likely N-dealkylation sites (tertiary alicyclic amines) is 1. The van der Waals surface area contributed by atoms with Crippen LogP contribution in [0.2, 0.25) is 0 Å². The molecule has 3 aromatic rings. The molecule has 0 spiro atoms. The van der Waals surface area contributed by atoms with Crippen molar-refractivity contribution in [1.29, 1.82) is 0 Å². The zero-order chi connectivity index (χ0) is 20.4. The Labute approximate surface area is 168 Å². The predicted molar refractivity (Wildman–Crippen MR) is 108 cm³/mol. The van der Waals surface area contributed by atoms with Gasteiger partial charge in [-0.05, 0) is 18.9 Å². The lowest BCUT2D eigenvalue weighted by Gasteiger charge is -2.23. The van der Waals surface area contributed by atoms with Crippen LogP contribution in [0.1, 0.15) is 34.9 Å². The molecule has 0 bridgehead atoms. The minimum Gasteiger partial charge on any atom is -0.507 e. The fraction of sp³-hybridized carbons (Fsp3) is 0.217. The number of esters is 1. The number of benzene rings is 3. The van der Waals surface area contributed by atoms with Crippen LogP contribution in [0.3, 0.4) is 0 Å². The second-order valence-electron chi connectivity index (χ2n) is 7.07. The van der Waals surface area contributed by atoms with E-state index in [1.54, 1.807) is 53.4 Å². The second kappa shape index (κ2) is 7.83. The molecule has 1 atom stereocenters. The monoisotopic (exact) mass is 391 g/mol. The Morgan fingerprint density at radius 2 is 1.52 bits per heavy atom.